The van der Waals surface area contributed by atoms with E-state index in [-0.39, 0.29) is 11.3 Å². The van der Waals surface area contributed by atoms with Gasteiger partial charge in [-0.05, 0) is 48.5 Å². The average Bonchev–Trinajstić information content (AvgIpc) is 2.63. The first-order valence-electron chi connectivity index (χ1n) is 7.90. The lowest BCUT2D eigenvalue weighted by Crippen LogP contribution is -2.17. The van der Waals surface area contributed by atoms with Gasteiger partial charge in [-0.3, -0.25) is 4.79 Å². The maximum Gasteiger partial charge on any atom is 0.573 e. The third-order valence-electron chi connectivity index (χ3n) is 3.45. The highest BCUT2D eigenvalue weighted by Gasteiger charge is 2.31. The maximum absolute atomic E-state index is 12.5. The molecule has 0 saturated carbocycles. The van der Waals surface area contributed by atoms with Crippen molar-refractivity contribution in [1.29, 1.82) is 0 Å². The van der Waals surface area contributed by atoms with E-state index in [2.05, 4.69) is 10.1 Å². The molecule has 0 saturated heterocycles. The summed E-state index contributed by atoms with van der Waals surface area (Å²) in [6, 6.07) is 20.5. The van der Waals surface area contributed by atoms with Crippen LogP contribution in [0.15, 0.2) is 78.9 Å². The number of hydrogen-bond acceptors (Lipinski definition) is 3. The molecule has 138 valence electrons. The van der Waals surface area contributed by atoms with Gasteiger partial charge in [0.1, 0.15) is 17.2 Å². The van der Waals surface area contributed by atoms with E-state index in [0.29, 0.717) is 17.2 Å². The van der Waals surface area contributed by atoms with Crippen molar-refractivity contribution in [2.24, 2.45) is 0 Å². The molecular weight excluding hydrogens is 359 g/mol. The van der Waals surface area contributed by atoms with Crippen molar-refractivity contribution in [3.63, 3.8) is 0 Å². The third-order valence-corrected chi connectivity index (χ3v) is 3.45. The van der Waals surface area contributed by atoms with Crippen molar-refractivity contribution in [1.82, 2.24) is 0 Å². The summed E-state index contributed by atoms with van der Waals surface area (Å²) in [5.74, 6) is 0.115. The average molecular weight is 373 g/mol. The molecule has 3 aromatic rings. The first-order chi connectivity index (χ1) is 12.9. The molecule has 0 aromatic heterocycles. The molecule has 0 aliphatic heterocycles. The fourth-order valence-corrected chi connectivity index (χ4v) is 2.30. The van der Waals surface area contributed by atoms with E-state index in [4.69, 9.17) is 4.74 Å². The Hall–Kier alpha value is -3.48. The summed E-state index contributed by atoms with van der Waals surface area (Å²) in [6.45, 7) is 0. The van der Waals surface area contributed by atoms with Gasteiger partial charge in [-0.1, -0.05) is 30.3 Å². The van der Waals surface area contributed by atoms with Crippen LogP contribution in [0.2, 0.25) is 0 Å². The van der Waals surface area contributed by atoms with Crippen LogP contribution in [-0.4, -0.2) is 12.3 Å². The minimum atomic E-state index is -4.77. The number of anilines is 1. The molecule has 0 bridgehead atoms. The fourth-order valence-electron chi connectivity index (χ4n) is 2.30. The topological polar surface area (TPSA) is 47.6 Å². The number of benzene rings is 3. The standard InChI is InChI=1S/C20H14F3NO3/c21-20(22,23)27-16-12-10-14(11-13-16)24-19(25)17-8-4-5-9-18(17)26-15-6-2-1-3-7-15/h1-13H,(H,24,25). The molecule has 3 rings (SSSR count). The number of amides is 1. The molecule has 0 radical (unpaired) electrons. The number of carbonyl (C=O) groups is 1. The first kappa shape index (κ1) is 18.3. The zero-order valence-corrected chi connectivity index (χ0v) is 13.9. The zero-order valence-electron chi connectivity index (χ0n) is 13.9. The Labute approximate surface area is 153 Å². The van der Waals surface area contributed by atoms with Gasteiger partial charge in [0.05, 0.1) is 5.56 Å². The van der Waals surface area contributed by atoms with Crippen LogP contribution in [0.1, 0.15) is 10.4 Å². The Morgan fingerprint density at radius 1 is 0.778 bits per heavy atom. The van der Waals surface area contributed by atoms with E-state index in [1.165, 1.54) is 12.1 Å². The fraction of sp³-hybridized carbons (Fsp3) is 0.0500. The largest absolute Gasteiger partial charge is 0.573 e. The molecule has 27 heavy (non-hydrogen) atoms. The molecule has 0 fully saturated rings. The maximum atomic E-state index is 12.5. The van der Waals surface area contributed by atoms with Crippen molar-refractivity contribution in [3.05, 3.63) is 84.4 Å². The van der Waals surface area contributed by atoms with Crippen molar-refractivity contribution in [2.45, 2.75) is 6.36 Å². The summed E-state index contributed by atoms with van der Waals surface area (Å²) in [5, 5.41) is 2.62. The van der Waals surface area contributed by atoms with Gasteiger partial charge < -0.3 is 14.8 Å². The molecule has 3 aromatic carbocycles. The summed E-state index contributed by atoms with van der Waals surface area (Å²) >= 11 is 0. The van der Waals surface area contributed by atoms with Gasteiger partial charge in [-0.25, -0.2) is 0 Å². The van der Waals surface area contributed by atoms with Crippen LogP contribution in [0.25, 0.3) is 0 Å². The lowest BCUT2D eigenvalue weighted by molar-refractivity contribution is -0.274. The van der Waals surface area contributed by atoms with Crippen molar-refractivity contribution in [3.8, 4) is 17.2 Å². The van der Waals surface area contributed by atoms with Gasteiger partial charge in [0.2, 0.25) is 0 Å². The van der Waals surface area contributed by atoms with Crippen LogP contribution in [0, 0.1) is 0 Å². The van der Waals surface area contributed by atoms with E-state index in [9.17, 15) is 18.0 Å². The van der Waals surface area contributed by atoms with Gasteiger partial charge >= 0.3 is 6.36 Å². The van der Waals surface area contributed by atoms with Crippen molar-refractivity contribution >= 4 is 11.6 Å². The predicted molar refractivity (Wildman–Crippen MR) is 94.0 cm³/mol. The summed E-state index contributed by atoms with van der Waals surface area (Å²) in [4.78, 5) is 12.5. The smallest absolute Gasteiger partial charge is 0.457 e. The lowest BCUT2D eigenvalue weighted by Gasteiger charge is -2.12. The summed E-state index contributed by atoms with van der Waals surface area (Å²) in [7, 11) is 0. The number of nitrogens with one attached hydrogen (secondary N) is 1. The van der Waals surface area contributed by atoms with Crippen molar-refractivity contribution in [2.75, 3.05) is 5.32 Å². The minimum absolute atomic E-state index is 0.289. The number of rotatable bonds is 5. The molecule has 0 spiro atoms. The highest BCUT2D eigenvalue weighted by Crippen LogP contribution is 2.27. The van der Waals surface area contributed by atoms with Gasteiger partial charge in [-0.15, -0.1) is 13.2 Å². The van der Waals surface area contributed by atoms with E-state index in [0.717, 1.165) is 12.1 Å². The molecule has 1 N–H and O–H groups in total. The lowest BCUT2D eigenvalue weighted by atomic mass is 10.1. The van der Waals surface area contributed by atoms with Gasteiger partial charge in [0.25, 0.3) is 5.91 Å². The predicted octanol–water partition coefficient (Wildman–Crippen LogP) is 5.63. The highest BCUT2D eigenvalue weighted by atomic mass is 19.4. The van der Waals surface area contributed by atoms with Gasteiger partial charge in [0.15, 0.2) is 0 Å². The Morgan fingerprint density at radius 3 is 2.07 bits per heavy atom. The number of alkyl halides is 3. The molecule has 0 aliphatic rings. The molecule has 1 amide bonds. The van der Waals surface area contributed by atoms with Crippen molar-refractivity contribution < 1.29 is 27.4 Å². The summed E-state index contributed by atoms with van der Waals surface area (Å²) < 4.78 is 46.1. The Bertz CT molecular complexity index is 910. The second kappa shape index (κ2) is 7.82. The second-order valence-electron chi connectivity index (χ2n) is 5.44. The SMILES string of the molecule is O=C(Nc1ccc(OC(F)(F)F)cc1)c1ccccc1Oc1ccccc1. The Kier molecular flexibility index (Phi) is 5.30. The number of ether oxygens (including phenoxy) is 2. The molecule has 4 nitrogen and oxygen atoms in total. The number of hydrogen-bond donors (Lipinski definition) is 1. The number of carbonyl (C=O) groups excluding carboxylic acids is 1. The van der Waals surface area contributed by atoms with Gasteiger partial charge in [-0.2, -0.15) is 0 Å². The number of halogens is 3. The van der Waals surface area contributed by atoms with E-state index >= 15 is 0 Å². The van der Waals surface area contributed by atoms with Crippen LogP contribution in [0.3, 0.4) is 0 Å². The Morgan fingerprint density at radius 2 is 1.41 bits per heavy atom. The van der Waals surface area contributed by atoms with Crippen LogP contribution < -0.4 is 14.8 Å². The normalized spacial score (nSPS) is 10.9. The highest BCUT2D eigenvalue weighted by molar-refractivity contribution is 6.06. The zero-order chi connectivity index (χ0) is 19.3. The molecule has 7 heteroatoms. The summed E-state index contributed by atoms with van der Waals surface area (Å²) in [6.07, 6.45) is -4.77. The third kappa shape index (κ3) is 5.24. The van der Waals surface area contributed by atoms with Crippen LogP contribution >= 0.6 is 0 Å². The second-order valence-corrected chi connectivity index (χ2v) is 5.44. The molecule has 0 atom stereocenters. The monoisotopic (exact) mass is 373 g/mol. The first-order valence-corrected chi connectivity index (χ1v) is 7.90. The molecule has 0 unspecified atom stereocenters. The van der Waals surface area contributed by atoms with Crippen LogP contribution in [-0.2, 0) is 0 Å². The summed E-state index contributed by atoms with van der Waals surface area (Å²) in [5.41, 5.74) is 0.612. The number of para-hydroxylation sites is 2. The van der Waals surface area contributed by atoms with E-state index < -0.39 is 12.3 Å². The molecular formula is C20H14F3NO3. The van der Waals surface area contributed by atoms with E-state index in [1.54, 1.807) is 36.4 Å². The minimum Gasteiger partial charge on any atom is -0.457 e. The van der Waals surface area contributed by atoms with Gasteiger partial charge in [0, 0.05) is 5.69 Å². The molecule has 0 aliphatic carbocycles. The Balaban J connectivity index is 1.73. The van der Waals surface area contributed by atoms with E-state index in [1.807, 2.05) is 18.2 Å². The van der Waals surface area contributed by atoms with Crippen LogP contribution in [0.4, 0.5) is 18.9 Å². The van der Waals surface area contributed by atoms with Crippen LogP contribution in [0.5, 0.6) is 17.2 Å². The molecule has 0 heterocycles. The quantitative estimate of drug-likeness (QED) is 0.631.